The van der Waals surface area contributed by atoms with E-state index in [9.17, 15) is 0 Å². The minimum absolute atomic E-state index is 0.0350. The Morgan fingerprint density at radius 3 is 2.53 bits per heavy atom. The Hall–Kier alpha value is -1.51. The van der Waals surface area contributed by atoms with E-state index < -0.39 is 0 Å². The van der Waals surface area contributed by atoms with Crippen molar-refractivity contribution >= 4 is 16.7 Å². The number of fused-ring (bicyclic) bond motifs is 1. The number of imidazole rings is 1. The highest BCUT2D eigenvalue weighted by Gasteiger charge is 2.18. The first-order chi connectivity index (χ1) is 6.91. The van der Waals surface area contributed by atoms with E-state index in [4.69, 9.17) is 5.73 Å². The van der Waals surface area contributed by atoms with Gasteiger partial charge in [0.15, 0.2) is 0 Å². The molecule has 0 bridgehead atoms. The molecule has 0 aliphatic carbocycles. The van der Waals surface area contributed by atoms with Crippen molar-refractivity contribution in [1.29, 1.82) is 0 Å². The zero-order valence-corrected chi connectivity index (χ0v) is 9.70. The van der Waals surface area contributed by atoms with Crippen LogP contribution >= 0.6 is 0 Å². The van der Waals surface area contributed by atoms with Crippen LogP contribution in [0, 0.1) is 6.92 Å². The number of nitrogens with zero attached hydrogens (tertiary/aromatic N) is 2. The molecule has 2 rings (SSSR count). The summed E-state index contributed by atoms with van der Waals surface area (Å²) in [5.74, 6) is 0. The molecular formula is C12H17N3. The number of nitrogen functional groups attached to an aromatic ring is 1. The fraction of sp³-hybridized carbons (Fsp3) is 0.417. The molecule has 0 aliphatic heterocycles. The van der Waals surface area contributed by atoms with Gasteiger partial charge >= 0.3 is 0 Å². The molecule has 0 saturated heterocycles. The predicted molar refractivity (Wildman–Crippen MR) is 63.9 cm³/mol. The largest absolute Gasteiger partial charge is 0.397 e. The highest BCUT2D eigenvalue weighted by molar-refractivity contribution is 5.89. The molecule has 15 heavy (non-hydrogen) atoms. The predicted octanol–water partition coefficient (Wildman–Crippen LogP) is 2.68. The van der Waals surface area contributed by atoms with Crippen molar-refractivity contribution in [3.8, 4) is 0 Å². The van der Waals surface area contributed by atoms with Crippen molar-refractivity contribution in [2.45, 2.75) is 33.2 Å². The molecule has 0 spiro atoms. The lowest BCUT2D eigenvalue weighted by atomic mass is 10.1. The zero-order chi connectivity index (χ0) is 11.2. The first kappa shape index (κ1) is 10.0. The molecule has 0 amide bonds. The van der Waals surface area contributed by atoms with Crippen molar-refractivity contribution < 1.29 is 0 Å². The quantitative estimate of drug-likeness (QED) is 0.669. The van der Waals surface area contributed by atoms with E-state index in [0.717, 1.165) is 16.7 Å². The number of hydrogen-bond acceptors (Lipinski definition) is 2. The van der Waals surface area contributed by atoms with Crippen molar-refractivity contribution in [2.75, 3.05) is 5.73 Å². The number of aryl methyl sites for hydroxylation is 1. The molecule has 0 fully saturated rings. The van der Waals surface area contributed by atoms with Gasteiger partial charge in [-0.25, -0.2) is 4.98 Å². The summed E-state index contributed by atoms with van der Waals surface area (Å²) in [7, 11) is 0. The molecule has 0 atom stereocenters. The van der Waals surface area contributed by atoms with Gasteiger partial charge in [0.25, 0.3) is 0 Å². The number of benzene rings is 1. The summed E-state index contributed by atoms with van der Waals surface area (Å²) in [6.45, 7) is 8.58. The molecule has 3 nitrogen and oxygen atoms in total. The minimum Gasteiger partial charge on any atom is -0.397 e. The van der Waals surface area contributed by atoms with Gasteiger partial charge in [-0.1, -0.05) is 6.07 Å². The highest BCUT2D eigenvalue weighted by Crippen LogP contribution is 2.27. The van der Waals surface area contributed by atoms with E-state index in [0.29, 0.717) is 0 Å². The van der Waals surface area contributed by atoms with Crippen molar-refractivity contribution in [2.24, 2.45) is 0 Å². The minimum atomic E-state index is 0.0350. The van der Waals surface area contributed by atoms with Gasteiger partial charge in [0.2, 0.25) is 0 Å². The molecule has 1 heterocycles. The first-order valence-corrected chi connectivity index (χ1v) is 5.14. The van der Waals surface area contributed by atoms with E-state index in [2.05, 4.69) is 37.2 Å². The summed E-state index contributed by atoms with van der Waals surface area (Å²) < 4.78 is 2.17. The summed E-state index contributed by atoms with van der Waals surface area (Å²) in [6.07, 6.45) is 1.87. The molecule has 0 saturated carbocycles. The molecule has 2 aromatic rings. The number of aromatic nitrogens is 2. The number of nitrogens with two attached hydrogens (primary N) is 1. The number of rotatable bonds is 0. The van der Waals surface area contributed by atoms with Gasteiger partial charge in [-0.2, -0.15) is 0 Å². The standard InChI is InChI=1S/C12H17N3/c1-8-5-6-9(13)10-11(8)15(7-14-10)12(2,3)4/h5-7H,13H2,1-4H3. The van der Waals surface area contributed by atoms with E-state index in [1.807, 2.05) is 18.5 Å². The normalized spacial score (nSPS) is 12.3. The van der Waals surface area contributed by atoms with Crippen LogP contribution in [0.25, 0.3) is 11.0 Å². The van der Waals surface area contributed by atoms with E-state index in [-0.39, 0.29) is 5.54 Å². The van der Waals surface area contributed by atoms with Gasteiger partial charge in [0.05, 0.1) is 17.5 Å². The van der Waals surface area contributed by atoms with E-state index >= 15 is 0 Å². The van der Waals surface area contributed by atoms with Crippen molar-refractivity contribution in [3.63, 3.8) is 0 Å². The summed E-state index contributed by atoms with van der Waals surface area (Å²) in [5, 5.41) is 0. The van der Waals surface area contributed by atoms with Gasteiger partial charge in [-0.15, -0.1) is 0 Å². The van der Waals surface area contributed by atoms with Gasteiger partial charge in [-0.05, 0) is 39.3 Å². The van der Waals surface area contributed by atoms with E-state index in [1.165, 1.54) is 5.56 Å². The third-order valence-electron chi connectivity index (χ3n) is 2.65. The van der Waals surface area contributed by atoms with Crippen LogP contribution in [0.5, 0.6) is 0 Å². The van der Waals surface area contributed by atoms with Gasteiger partial charge < -0.3 is 10.3 Å². The molecule has 3 heteroatoms. The molecule has 2 N–H and O–H groups in total. The lowest BCUT2D eigenvalue weighted by Gasteiger charge is -2.22. The molecule has 0 unspecified atom stereocenters. The van der Waals surface area contributed by atoms with Crippen LogP contribution in [0.4, 0.5) is 5.69 Å². The Morgan fingerprint density at radius 1 is 1.27 bits per heavy atom. The number of hydrogen-bond donors (Lipinski definition) is 1. The average molecular weight is 203 g/mol. The average Bonchev–Trinajstić information content (AvgIpc) is 2.55. The molecule has 0 aliphatic rings. The first-order valence-electron chi connectivity index (χ1n) is 5.14. The second-order valence-corrected chi connectivity index (χ2v) is 4.95. The van der Waals surface area contributed by atoms with E-state index in [1.54, 1.807) is 0 Å². The van der Waals surface area contributed by atoms with Crippen molar-refractivity contribution in [1.82, 2.24) is 9.55 Å². The highest BCUT2D eigenvalue weighted by atomic mass is 15.1. The summed E-state index contributed by atoms with van der Waals surface area (Å²) in [6, 6.07) is 3.96. The Morgan fingerprint density at radius 2 is 1.93 bits per heavy atom. The monoisotopic (exact) mass is 203 g/mol. The third kappa shape index (κ3) is 1.48. The van der Waals surface area contributed by atoms with Crippen LogP contribution in [0.2, 0.25) is 0 Å². The fourth-order valence-corrected chi connectivity index (χ4v) is 1.82. The fourth-order valence-electron chi connectivity index (χ4n) is 1.82. The Balaban J connectivity index is 2.85. The summed E-state index contributed by atoms with van der Waals surface area (Å²) in [5.41, 5.74) is 9.95. The topological polar surface area (TPSA) is 43.8 Å². The maximum absolute atomic E-state index is 5.91. The van der Waals surface area contributed by atoms with Gasteiger partial charge in [0.1, 0.15) is 5.52 Å². The Kier molecular flexibility index (Phi) is 2.00. The smallest absolute Gasteiger partial charge is 0.112 e. The lowest BCUT2D eigenvalue weighted by molar-refractivity contribution is 0.408. The third-order valence-corrected chi connectivity index (χ3v) is 2.65. The molecule has 0 radical (unpaired) electrons. The van der Waals surface area contributed by atoms with Crippen LogP contribution in [-0.4, -0.2) is 9.55 Å². The maximum Gasteiger partial charge on any atom is 0.112 e. The van der Waals surface area contributed by atoms with Gasteiger partial charge in [-0.3, -0.25) is 0 Å². The SMILES string of the molecule is Cc1ccc(N)c2ncn(C(C)(C)C)c12. The van der Waals surface area contributed by atoms with Crippen LogP contribution < -0.4 is 5.73 Å². The Labute approximate surface area is 89.9 Å². The van der Waals surface area contributed by atoms with Crippen LogP contribution in [-0.2, 0) is 5.54 Å². The molecule has 1 aromatic carbocycles. The lowest BCUT2D eigenvalue weighted by Crippen LogP contribution is -2.20. The molecule has 80 valence electrons. The van der Waals surface area contributed by atoms with Gasteiger partial charge in [0, 0.05) is 5.54 Å². The molecular weight excluding hydrogens is 186 g/mol. The second kappa shape index (κ2) is 2.99. The maximum atomic E-state index is 5.91. The summed E-state index contributed by atoms with van der Waals surface area (Å²) >= 11 is 0. The number of anilines is 1. The van der Waals surface area contributed by atoms with Crippen LogP contribution in [0.1, 0.15) is 26.3 Å². The van der Waals surface area contributed by atoms with Crippen LogP contribution in [0.15, 0.2) is 18.5 Å². The van der Waals surface area contributed by atoms with Crippen LogP contribution in [0.3, 0.4) is 0 Å². The Bertz CT molecular complexity index is 503. The zero-order valence-electron chi connectivity index (χ0n) is 9.70. The summed E-state index contributed by atoms with van der Waals surface area (Å²) in [4.78, 5) is 4.38. The molecule has 1 aromatic heterocycles. The van der Waals surface area contributed by atoms with Crippen molar-refractivity contribution in [3.05, 3.63) is 24.0 Å². The second-order valence-electron chi connectivity index (χ2n) is 4.95.